The summed E-state index contributed by atoms with van der Waals surface area (Å²) in [6, 6.07) is 1.76. The number of H-pyrrole nitrogens is 1. The van der Waals surface area contributed by atoms with Crippen molar-refractivity contribution in [3.05, 3.63) is 11.8 Å². The quantitative estimate of drug-likeness (QED) is 0.697. The SMILES string of the molecule is Cc1cc(NC(=O)CSCCNC(=O)OC(C)(C)C)n[nH]1. The number of hydrogen-bond acceptors (Lipinski definition) is 5. The highest BCUT2D eigenvalue weighted by Gasteiger charge is 2.15. The molecule has 21 heavy (non-hydrogen) atoms. The normalized spacial score (nSPS) is 11.0. The standard InChI is InChI=1S/C13H22N4O3S/c1-9-7-10(17-16-9)15-11(18)8-21-6-5-14-12(19)20-13(2,3)4/h7H,5-6,8H2,1-4H3,(H,14,19)(H2,15,16,17,18). The van der Waals surface area contributed by atoms with Gasteiger partial charge in [0.05, 0.1) is 5.75 Å². The molecule has 3 N–H and O–H groups in total. The second kappa shape index (κ2) is 7.92. The Balaban J connectivity index is 2.08. The number of alkyl carbamates (subject to hydrolysis) is 1. The summed E-state index contributed by atoms with van der Waals surface area (Å²) in [5.41, 5.74) is 0.387. The molecule has 0 bridgehead atoms. The zero-order valence-corrected chi connectivity index (χ0v) is 13.6. The van der Waals surface area contributed by atoms with Crippen LogP contribution >= 0.6 is 11.8 Å². The zero-order chi connectivity index (χ0) is 15.9. The van der Waals surface area contributed by atoms with E-state index in [1.165, 1.54) is 11.8 Å². The molecule has 8 heteroatoms. The maximum absolute atomic E-state index is 11.6. The molecule has 0 aliphatic rings. The topological polar surface area (TPSA) is 96.1 Å². The Labute approximate surface area is 128 Å². The molecular weight excluding hydrogens is 292 g/mol. The highest BCUT2D eigenvalue weighted by atomic mass is 32.2. The lowest BCUT2D eigenvalue weighted by Gasteiger charge is -2.19. The summed E-state index contributed by atoms with van der Waals surface area (Å²) in [7, 11) is 0. The van der Waals surface area contributed by atoms with Gasteiger partial charge in [0.25, 0.3) is 0 Å². The average molecular weight is 314 g/mol. The first-order valence-corrected chi connectivity index (χ1v) is 7.78. The lowest BCUT2D eigenvalue weighted by molar-refractivity contribution is -0.113. The fourth-order valence-electron chi connectivity index (χ4n) is 1.37. The minimum atomic E-state index is -0.501. The second-order valence-corrected chi connectivity index (χ2v) is 6.57. The summed E-state index contributed by atoms with van der Waals surface area (Å²) in [5, 5.41) is 12.0. The Morgan fingerprint density at radius 2 is 2.14 bits per heavy atom. The van der Waals surface area contributed by atoms with Crippen LogP contribution in [0.5, 0.6) is 0 Å². The van der Waals surface area contributed by atoms with Crippen LogP contribution < -0.4 is 10.6 Å². The van der Waals surface area contributed by atoms with Gasteiger partial charge in [0.1, 0.15) is 5.60 Å². The van der Waals surface area contributed by atoms with Crippen molar-refractivity contribution in [1.82, 2.24) is 15.5 Å². The molecule has 1 aromatic rings. The van der Waals surface area contributed by atoms with E-state index in [2.05, 4.69) is 20.8 Å². The van der Waals surface area contributed by atoms with Crippen LogP contribution in [-0.4, -0.2) is 45.8 Å². The summed E-state index contributed by atoms with van der Waals surface area (Å²) >= 11 is 1.43. The van der Waals surface area contributed by atoms with Crippen LogP contribution in [0.15, 0.2) is 6.07 Å². The minimum Gasteiger partial charge on any atom is -0.444 e. The molecule has 0 aliphatic heterocycles. The summed E-state index contributed by atoms with van der Waals surface area (Å²) in [6.45, 7) is 7.74. The minimum absolute atomic E-state index is 0.122. The van der Waals surface area contributed by atoms with E-state index in [-0.39, 0.29) is 5.91 Å². The Morgan fingerprint density at radius 1 is 1.43 bits per heavy atom. The maximum atomic E-state index is 11.6. The van der Waals surface area contributed by atoms with Crippen LogP contribution in [0.1, 0.15) is 26.5 Å². The Morgan fingerprint density at radius 3 is 2.71 bits per heavy atom. The number of amides is 2. The fourth-order valence-corrected chi connectivity index (χ4v) is 2.01. The number of rotatable bonds is 6. The highest BCUT2D eigenvalue weighted by molar-refractivity contribution is 7.99. The number of carbonyl (C=O) groups is 2. The molecule has 7 nitrogen and oxygen atoms in total. The lowest BCUT2D eigenvalue weighted by atomic mass is 10.2. The molecule has 0 saturated carbocycles. The Bertz CT molecular complexity index is 482. The van der Waals surface area contributed by atoms with E-state index >= 15 is 0 Å². The number of aryl methyl sites for hydroxylation is 1. The van der Waals surface area contributed by atoms with Crippen LogP contribution in [0.2, 0.25) is 0 Å². The first-order chi connectivity index (χ1) is 9.76. The molecular formula is C13H22N4O3S. The zero-order valence-electron chi connectivity index (χ0n) is 12.8. The van der Waals surface area contributed by atoms with Crippen LogP contribution in [0, 0.1) is 6.92 Å². The highest BCUT2D eigenvalue weighted by Crippen LogP contribution is 2.07. The van der Waals surface area contributed by atoms with Gasteiger partial charge in [-0.05, 0) is 27.7 Å². The van der Waals surface area contributed by atoms with Crippen molar-refractivity contribution in [3.8, 4) is 0 Å². The van der Waals surface area contributed by atoms with Gasteiger partial charge < -0.3 is 15.4 Å². The van der Waals surface area contributed by atoms with Gasteiger partial charge in [-0.25, -0.2) is 4.79 Å². The number of aromatic nitrogens is 2. The van der Waals surface area contributed by atoms with E-state index in [0.717, 1.165) is 5.69 Å². The number of hydrogen-bond donors (Lipinski definition) is 3. The molecule has 0 saturated heterocycles. The van der Waals surface area contributed by atoms with Crippen LogP contribution in [-0.2, 0) is 9.53 Å². The summed E-state index contributed by atoms with van der Waals surface area (Å²) < 4.78 is 5.10. The van der Waals surface area contributed by atoms with Crippen molar-refractivity contribution in [1.29, 1.82) is 0 Å². The first-order valence-electron chi connectivity index (χ1n) is 6.63. The predicted octanol–water partition coefficient (Wildman–Crippen LogP) is 1.91. The number of thioether (sulfide) groups is 1. The third-order valence-electron chi connectivity index (χ3n) is 2.12. The van der Waals surface area contributed by atoms with E-state index in [0.29, 0.717) is 23.9 Å². The van der Waals surface area contributed by atoms with E-state index < -0.39 is 11.7 Å². The number of nitrogens with zero attached hydrogens (tertiary/aromatic N) is 1. The van der Waals surface area contributed by atoms with Crippen molar-refractivity contribution in [3.63, 3.8) is 0 Å². The van der Waals surface area contributed by atoms with Gasteiger partial charge >= 0.3 is 6.09 Å². The molecule has 2 amide bonds. The van der Waals surface area contributed by atoms with E-state index in [1.807, 2.05) is 27.7 Å². The van der Waals surface area contributed by atoms with Crippen LogP contribution in [0.3, 0.4) is 0 Å². The Kier molecular flexibility index (Phi) is 6.54. The predicted molar refractivity (Wildman–Crippen MR) is 83.5 cm³/mol. The van der Waals surface area contributed by atoms with Gasteiger partial charge in [-0.2, -0.15) is 16.9 Å². The van der Waals surface area contributed by atoms with Gasteiger partial charge in [-0.3, -0.25) is 9.89 Å². The second-order valence-electron chi connectivity index (χ2n) is 5.47. The third-order valence-corrected chi connectivity index (χ3v) is 3.08. The van der Waals surface area contributed by atoms with Gasteiger partial charge in [-0.15, -0.1) is 0 Å². The smallest absolute Gasteiger partial charge is 0.407 e. The lowest BCUT2D eigenvalue weighted by Crippen LogP contribution is -2.33. The average Bonchev–Trinajstić information content (AvgIpc) is 2.71. The maximum Gasteiger partial charge on any atom is 0.407 e. The number of nitrogens with one attached hydrogen (secondary N) is 3. The number of carbonyl (C=O) groups excluding carboxylic acids is 2. The van der Waals surface area contributed by atoms with Crippen molar-refractivity contribution >= 4 is 29.6 Å². The molecule has 0 radical (unpaired) electrons. The summed E-state index contributed by atoms with van der Waals surface area (Å²) in [6.07, 6.45) is -0.445. The van der Waals surface area contributed by atoms with E-state index in [4.69, 9.17) is 4.74 Å². The van der Waals surface area contributed by atoms with Crippen LogP contribution in [0.25, 0.3) is 0 Å². The number of ether oxygens (including phenoxy) is 1. The number of anilines is 1. The largest absolute Gasteiger partial charge is 0.444 e. The van der Waals surface area contributed by atoms with Gasteiger partial charge in [-0.1, -0.05) is 0 Å². The number of aromatic amines is 1. The molecule has 1 rings (SSSR count). The fraction of sp³-hybridized carbons (Fsp3) is 0.615. The molecule has 1 aromatic heterocycles. The molecule has 0 aromatic carbocycles. The molecule has 0 spiro atoms. The van der Waals surface area contributed by atoms with Gasteiger partial charge in [0.15, 0.2) is 5.82 Å². The van der Waals surface area contributed by atoms with Gasteiger partial charge in [0, 0.05) is 24.1 Å². The van der Waals surface area contributed by atoms with Crippen molar-refractivity contribution in [2.45, 2.75) is 33.3 Å². The third kappa shape index (κ3) is 8.23. The van der Waals surface area contributed by atoms with E-state index in [1.54, 1.807) is 6.07 Å². The molecule has 118 valence electrons. The summed E-state index contributed by atoms with van der Waals surface area (Å²) in [4.78, 5) is 23.0. The molecule has 0 atom stereocenters. The van der Waals surface area contributed by atoms with E-state index in [9.17, 15) is 9.59 Å². The Hall–Kier alpha value is -1.70. The van der Waals surface area contributed by atoms with Crippen molar-refractivity contribution in [2.75, 3.05) is 23.4 Å². The van der Waals surface area contributed by atoms with Crippen molar-refractivity contribution in [2.24, 2.45) is 0 Å². The summed E-state index contributed by atoms with van der Waals surface area (Å²) in [5.74, 6) is 1.34. The molecule has 0 aliphatic carbocycles. The monoisotopic (exact) mass is 314 g/mol. The molecule has 0 fully saturated rings. The molecule has 0 unspecified atom stereocenters. The van der Waals surface area contributed by atoms with Crippen molar-refractivity contribution < 1.29 is 14.3 Å². The first kappa shape index (κ1) is 17.4. The molecule has 1 heterocycles. The van der Waals surface area contributed by atoms with Gasteiger partial charge in [0.2, 0.25) is 5.91 Å². The van der Waals surface area contributed by atoms with Crippen LogP contribution in [0.4, 0.5) is 10.6 Å².